The Bertz CT molecular complexity index is 494. The summed E-state index contributed by atoms with van der Waals surface area (Å²) in [6.07, 6.45) is 8.01. The van der Waals surface area contributed by atoms with Crippen LogP contribution in [0.1, 0.15) is 48.8 Å². The van der Waals surface area contributed by atoms with E-state index in [9.17, 15) is 5.11 Å². The van der Waals surface area contributed by atoms with Crippen LogP contribution in [-0.2, 0) is 18.4 Å². The molecule has 0 spiro atoms. The first-order valence-electron chi connectivity index (χ1n) is 7.80. The van der Waals surface area contributed by atoms with Gasteiger partial charge in [-0.25, -0.2) is 0 Å². The standard InChI is InChI=1S/C17H23NO/c19-11-12-4-5-13-10-16-14-3-1-2-6-17(14,7-8-18-16)15(13)9-12/h4-5,9,14,16,18-19H,1-3,6-8,10-11H2. The Morgan fingerprint density at radius 3 is 3.11 bits per heavy atom. The molecule has 2 N–H and O–H groups in total. The molecule has 1 aromatic rings. The predicted molar refractivity (Wildman–Crippen MR) is 76.1 cm³/mol. The number of benzene rings is 1. The summed E-state index contributed by atoms with van der Waals surface area (Å²) in [4.78, 5) is 0. The molecule has 3 atom stereocenters. The van der Waals surface area contributed by atoms with Crippen LogP contribution >= 0.6 is 0 Å². The molecule has 2 fully saturated rings. The second-order valence-corrected chi connectivity index (χ2v) is 6.67. The van der Waals surface area contributed by atoms with Gasteiger partial charge < -0.3 is 10.4 Å². The molecule has 0 radical (unpaired) electrons. The summed E-state index contributed by atoms with van der Waals surface area (Å²) in [6.45, 7) is 1.35. The van der Waals surface area contributed by atoms with Crippen molar-refractivity contribution in [1.82, 2.24) is 5.32 Å². The van der Waals surface area contributed by atoms with E-state index in [4.69, 9.17) is 0 Å². The molecule has 19 heavy (non-hydrogen) atoms. The summed E-state index contributed by atoms with van der Waals surface area (Å²) in [5, 5.41) is 13.2. The van der Waals surface area contributed by atoms with Gasteiger partial charge in [0, 0.05) is 11.5 Å². The molecular weight excluding hydrogens is 234 g/mol. The molecule has 2 aliphatic carbocycles. The monoisotopic (exact) mass is 257 g/mol. The summed E-state index contributed by atoms with van der Waals surface area (Å²) in [5.41, 5.74) is 4.64. The number of hydrogen-bond acceptors (Lipinski definition) is 2. The molecule has 2 bridgehead atoms. The topological polar surface area (TPSA) is 32.3 Å². The molecule has 2 heteroatoms. The molecule has 1 saturated heterocycles. The summed E-state index contributed by atoms with van der Waals surface area (Å²) in [6, 6.07) is 7.39. The van der Waals surface area contributed by atoms with Crippen molar-refractivity contribution in [2.45, 2.75) is 56.6 Å². The van der Waals surface area contributed by atoms with Gasteiger partial charge in [-0.1, -0.05) is 31.0 Å². The van der Waals surface area contributed by atoms with Gasteiger partial charge >= 0.3 is 0 Å². The first-order chi connectivity index (χ1) is 9.33. The van der Waals surface area contributed by atoms with Crippen molar-refractivity contribution in [3.8, 4) is 0 Å². The van der Waals surface area contributed by atoms with Crippen LogP contribution in [0.3, 0.4) is 0 Å². The molecule has 0 aromatic heterocycles. The van der Waals surface area contributed by atoms with Gasteiger partial charge in [0.05, 0.1) is 6.61 Å². The van der Waals surface area contributed by atoms with Crippen LogP contribution in [0.15, 0.2) is 18.2 Å². The average molecular weight is 257 g/mol. The van der Waals surface area contributed by atoms with Crippen LogP contribution in [0, 0.1) is 5.92 Å². The minimum absolute atomic E-state index is 0.176. The molecule has 1 heterocycles. The van der Waals surface area contributed by atoms with Crippen molar-refractivity contribution < 1.29 is 5.11 Å². The Labute approximate surface area is 115 Å². The maximum absolute atomic E-state index is 9.45. The smallest absolute Gasteiger partial charge is 0.0681 e. The van der Waals surface area contributed by atoms with E-state index in [1.54, 1.807) is 5.56 Å². The van der Waals surface area contributed by atoms with E-state index in [2.05, 4.69) is 23.5 Å². The number of aliphatic hydroxyl groups is 1. The van der Waals surface area contributed by atoms with E-state index in [0.29, 0.717) is 11.5 Å². The van der Waals surface area contributed by atoms with Crippen molar-refractivity contribution in [2.24, 2.45) is 5.92 Å². The molecule has 102 valence electrons. The first kappa shape index (κ1) is 11.9. The van der Waals surface area contributed by atoms with Gasteiger partial charge in [0.25, 0.3) is 0 Å². The Morgan fingerprint density at radius 1 is 1.26 bits per heavy atom. The normalized spacial score (nSPS) is 36.5. The molecule has 1 aromatic carbocycles. The zero-order chi connectivity index (χ0) is 12.9. The fourth-order valence-electron chi connectivity index (χ4n) is 5.07. The third kappa shape index (κ3) is 1.63. The van der Waals surface area contributed by atoms with Crippen molar-refractivity contribution in [3.05, 3.63) is 34.9 Å². The van der Waals surface area contributed by atoms with Crippen LogP contribution < -0.4 is 5.32 Å². The number of nitrogens with one attached hydrogen (secondary N) is 1. The lowest BCUT2D eigenvalue weighted by Crippen LogP contribution is -2.59. The second kappa shape index (κ2) is 4.32. The van der Waals surface area contributed by atoms with Crippen molar-refractivity contribution >= 4 is 0 Å². The van der Waals surface area contributed by atoms with Crippen LogP contribution in [0.2, 0.25) is 0 Å². The molecular formula is C17H23NO. The second-order valence-electron chi connectivity index (χ2n) is 6.67. The van der Waals surface area contributed by atoms with Crippen LogP contribution in [0.25, 0.3) is 0 Å². The van der Waals surface area contributed by atoms with Crippen molar-refractivity contribution in [2.75, 3.05) is 6.54 Å². The van der Waals surface area contributed by atoms with E-state index < -0.39 is 0 Å². The molecule has 3 unspecified atom stereocenters. The number of hydrogen-bond donors (Lipinski definition) is 2. The number of fused-ring (bicyclic) bond motifs is 1. The maximum Gasteiger partial charge on any atom is 0.0681 e. The highest BCUT2D eigenvalue weighted by Gasteiger charge is 2.51. The quantitative estimate of drug-likeness (QED) is 0.810. The lowest BCUT2D eigenvalue weighted by Gasteiger charge is -2.56. The third-order valence-corrected chi connectivity index (χ3v) is 5.89. The van der Waals surface area contributed by atoms with Crippen molar-refractivity contribution in [1.29, 1.82) is 0 Å². The highest BCUT2D eigenvalue weighted by Crippen LogP contribution is 2.53. The van der Waals surface area contributed by atoms with Crippen LogP contribution in [0.5, 0.6) is 0 Å². The lowest BCUT2D eigenvalue weighted by atomic mass is 9.52. The SMILES string of the molecule is OCc1ccc2c(c1)C13CCCCC1C(C2)NCC3. The van der Waals surface area contributed by atoms with Crippen molar-refractivity contribution in [3.63, 3.8) is 0 Å². The number of rotatable bonds is 1. The van der Waals surface area contributed by atoms with Crippen LogP contribution in [-0.4, -0.2) is 17.7 Å². The molecule has 1 aliphatic heterocycles. The van der Waals surface area contributed by atoms with E-state index in [0.717, 1.165) is 11.5 Å². The summed E-state index contributed by atoms with van der Waals surface area (Å²) in [7, 11) is 0. The van der Waals surface area contributed by atoms with E-state index in [1.165, 1.54) is 50.6 Å². The van der Waals surface area contributed by atoms with Gasteiger partial charge in [0.15, 0.2) is 0 Å². The zero-order valence-electron chi connectivity index (χ0n) is 11.5. The van der Waals surface area contributed by atoms with Gasteiger partial charge in [0.1, 0.15) is 0 Å². The minimum Gasteiger partial charge on any atom is -0.392 e. The highest BCUT2D eigenvalue weighted by atomic mass is 16.3. The Morgan fingerprint density at radius 2 is 2.21 bits per heavy atom. The zero-order valence-corrected chi connectivity index (χ0v) is 11.5. The van der Waals surface area contributed by atoms with E-state index in [-0.39, 0.29) is 6.61 Å². The minimum atomic E-state index is 0.176. The molecule has 1 saturated carbocycles. The lowest BCUT2D eigenvalue weighted by molar-refractivity contribution is 0.0796. The van der Waals surface area contributed by atoms with Gasteiger partial charge in [-0.2, -0.15) is 0 Å². The van der Waals surface area contributed by atoms with Gasteiger partial charge in [-0.05, 0) is 54.8 Å². The molecule has 2 nitrogen and oxygen atoms in total. The fraction of sp³-hybridized carbons (Fsp3) is 0.647. The summed E-state index contributed by atoms with van der Waals surface area (Å²) < 4.78 is 0. The predicted octanol–water partition coefficient (Wildman–Crippen LogP) is 2.52. The summed E-state index contributed by atoms with van der Waals surface area (Å²) in [5.74, 6) is 0.830. The highest BCUT2D eigenvalue weighted by molar-refractivity contribution is 5.43. The molecule has 3 aliphatic rings. The van der Waals surface area contributed by atoms with Gasteiger partial charge in [-0.3, -0.25) is 0 Å². The Hall–Kier alpha value is -0.860. The largest absolute Gasteiger partial charge is 0.392 e. The number of piperidine rings is 1. The number of aliphatic hydroxyl groups excluding tert-OH is 1. The first-order valence-corrected chi connectivity index (χ1v) is 7.80. The van der Waals surface area contributed by atoms with Crippen LogP contribution in [0.4, 0.5) is 0 Å². The third-order valence-electron chi connectivity index (χ3n) is 5.89. The molecule has 4 rings (SSSR count). The fourth-order valence-corrected chi connectivity index (χ4v) is 5.07. The molecule has 0 amide bonds. The van der Waals surface area contributed by atoms with E-state index in [1.807, 2.05) is 0 Å². The summed E-state index contributed by atoms with van der Waals surface area (Å²) >= 11 is 0. The van der Waals surface area contributed by atoms with Gasteiger partial charge in [0.2, 0.25) is 0 Å². The maximum atomic E-state index is 9.45. The average Bonchev–Trinajstić information content (AvgIpc) is 2.47. The van der Waals surface area contributed by atoms with E-state index >= 15 is 0 Å². The Balaban J connectivity index is 1.88. The Kier molecular flexibility index (Phi) is 2.71. The van der Waals surface area contributed by atoms with Gasteiger partial charge in [-0.15, -0.1) is 0 Å².